The van der Waals surface area contributed by atoms with Crippen LogP contribution in [0.15, 0.2) is 12.4 Å². The van der Waals surface area contributed by atoms with Crippen molar-refractivity contribution in [2.24, 2.45) is 5.41 Å². The minimum Gasteiger partial charge on any atom is -0.396 e. The van der Waals surface area contributed by atoms with Gasteiger partial charge in [0.1, 0.15) is 0 Å². The number of aliphatic hydroxyl groups is 1. The lowest BCUT2D eigenvalue weighted by atomic mass is 9.94. The lowest BCUT2D eigenvalue weighted by Crippen LogP contribution is -2.33. The quantitative estimate of drug-likeness (QED) is 0.662. The number of nitrogens with one attached hydrogen (secondary N) is 2. The molecule has 0 bridgehead atoms. The van der Waals surface area contributed by atoms with Crippen LogP contribution in [-0.4, -0.2) is 28.5 Å². The molecule has 0 radical (unpaired) electrons. The van der Waals surface area contributed by atoms with Crippen molar-refractivity contribution >= 4 is 0 Å². The Morgan fingerprint density at radius 2 is 2.36 bits per heavy atom. The van der Waals surface area contributed by atoms with Gasteiger partial charge in [-0.3, -0.25) is 5.10 Å². The van der Waals surface area contributed by atoms with Crippen LogP contribution in [0.3, 0.4) is 0 Å². The molecule has 4 heteroatoms. The highest BCUT2D eigenvalue weighted by Crippen LogP contribution is 2.15. The molecule has 0 aliphatic heterocycles. The molecule has 0 saturated heterocycles. The summed E-state index contributed by atoms with van der Waals surface area (Å²) in [6.45, 7) is 7.12. The van der Waals surface area contributed by atoms with E-state index in [-0.39, 0.29) is 18.1 Å². The fourth-order valence-corrected chi connectivity index (χ4v) is 1.10. The third kappa shape index (κ3) is 3.12. The first-order valence-electron chi connectivity index (χ1n) is 4.88. The summed E-state index contributed by atoms with van der Waals surface area (Å²) in [5.41, 5.74) is 1.07. The van der Waals surface area contributed by atoms with Crippen molar-refractivity contribution in [2.45, 2.75) is 26.8 Å². The van der Waals surface area contributed by atoms with Crippen molar-refractivity contribution in [1.29, 1.82) is 0 Å². The maximum absolute atomic E-state index is 9.08. The Balaban J connectivity index is 2.39. The van der Waals surface area contributed by atoms with E-state index < -0.39 is 0 Å². The van der Waals surface area contributed by atoms with E-state index in [1.807, 2.05) is 26.2 Å². The van der Waals surface area contributed by atoms with E-state index in [0.29, 0.717) is 0 Å². The minimum absolute atomic E-state index is 0.0714. The van der Waals surface area contributed by atoms with Crippen LogP contribution in [0.5, 0.6) is 0 Å². The molecule has 4 nitrogen and oxygen atoms in total. The summed E-state index contributed by atoms with van der Waals surface area (Å²) in [7, 11) is 0. The molecule has 0 fully saturated rings. The normalized spacial score (nSPS) is 14.3. The second kappa shape index (κ2) is 4.57. The van der Waals surface area contributed by atoms with Crippen molar-refractivity contribution in [3.8, 4) is 0 Å². The standard InChI is InChI=1S/C10H19N3O/c1-8(9-4-12-13-5-9)11-6-10(2,3)7-14/h4-5,8,11,14H,6-7H2,1-3H3,(H,12,13). The number of rotatable bonds is 5. The van der Waals surface area contributed by atoms with E-state index in [4.69, 9.17) is 5.11 Å². The SMILES string of the molecule is CC(NCC(C)(C)CO)c1cn[nH]c1. The number of hydrogen-bond donors (Lipinski definition) is 3. The Hall–Kier alpha value is -0.870. The molecule has 0 spiro atoms. The molecular weight excluding hydrogens is 178 g/mol. The summed E-state index contributed by atoms with van der Waals surface area (Å²) in [5.74, 6) is 0. The van der Waals surface area contributed by atoms with Gasteiger partial charge < -0.3 is 10.4 Å². The zero-order valence-electron chi connectivity index (χ0n) is 9.04. The second-order valence-electron chi connectivity index (χ2n) is 4.46. The van der Waals surface area contributed by atoms with Crippen molar-refractivity contribution < 1.29 is 5.11 Å². The Morgan fingerprint density at radius 1 is 1.64 bits per heavy atom. The minimum atomic E-state index is -0.0714. The number of hydrogen-bond acceptors (Lipinski definition) is 3. The average Bonchev–Trinajstić information content (AvgIpc) is 2.67. The molecule has 1 heterocycles. The fourth-order valence-electron chi connectivity index (χ4n) is 1.10. The van der Waals surface area contributed by atoms with Crippen LogP contribution in [0.4, 0.5) is 0 Å². The lowest BCUT2D eigenvalue weighted by Gasteiger charge is -2.24. The Bertz CT molecular complexity index is 256. The van der Waals surface area contributed by atoms with Crippen LogP contribution >= 0.6 is 0 Å². The van der Waals surface area contributed by atoms with Gasteiger partial charge in [0.25, 0.3) is 0 Å². The molecule has 3 N–H and O–H groups in total. The highest BCUT2D eigenvalue weighted by molar-refractivity contribution is 5.07. The van der Waals surface area contributed by atoms with Gasteiger partial charge in [-0.15, -0.1) is 0 Å². The van der Waals surface area contributed by atoms with Crippen LogP contribution in [0.2, 0.25) is 0 Å². The number of aromatic amines is 1. The molecule has 0 amide bonds. The van der Waals surface area contributed by atoms with E-state index in [9.17, 15) is 0 Å². The number of nitrogens with zero attached hydrogens (tertiary/aromatic N) is 1. The van der Waals surface area contributed by atoms with Gasteiger partial charge in [-0.25, -0.2) is 0 Å². The summed E-state index contributed by atoms with van der Waals surface area (Å²) < 4.78 is 0. The molecule has 1 unspecified atom stereocenters. The summed E-state index contributed by atoms with van der Waals surface area (Å²) >= 11 is 0. The van der Waals surface area contributed by atoms with E-state index in [1.54, 1.807) is 0 Å². The van der Waals surface area contributed by atoms with Crippen molar-refractivity contribution in [3.63, 3.8) is 0 Å². The zero-order valence-corrected chi connectivity index (χ0v) is 9.04. The molecule has 0 aromatic carbocycles. The molecule has 1 rings (SSSR count). The molecule has 1 atom stereocenters. The third-order valence-corrected chi connectivity index (χ3v) is 2.33. The number of aromatic nitrogens is 2. The van der Waals surface area contributed by atoms with Crippen LogP contribution in [-0.2, 0) is 0 Å². The highest BCUT2D eigenvalue weighted by Gasteiger charge is 2.17. The Morgan fingerprint density at radius 3 is 2.86 bits per heavy atom. The first-order valence-corrected chi connectivity index (χ1v) is 4.88. The third-order valence-electron chi connectivity index (χ3n) is 2.33. The Labute approximate surface area is 84.7 Å². The summed E-state index contributed by atoms with van der Waals surface area (Å²) in [6.07, 6.45) is 3.69. The van der Waals surface area contributed by atoms with Crippen molar-refractivity contribution in [1.82, 2.24) is 15.5 Å². The van der Waals surface area contributed by atoms with Gasteiger partial charge >= 0.3 is 0 Å². The summed E-state index contributed by atoms with van der Waals surface area (Å²) in [6, 6.07) is 0.263. The monoisotopic (exact) mass is 197 g/mol. The molecule has 0 aliphatic carbocycles. The van der Waals surface area contributed by atoms with E-state index in [2.05, 4.69) is 22.4 Å². The topological polar surface area (TPSA) is 60.9 Å². The van der Waals surface area contributed by atoms with E-state index >= 15 is 0 Å². The average molecular weight is 197 g/mol. The molecular formula is C10H19N3O. The molecule has 1 aromatic rings. The molecule has 0 saturated carbocycles. The van der Waals surface area contributed by atoms with Crippen molar-refractivity contribution in [2.75, 3.05) is 13.2 Å². The maximum Gasteiger partial charge on any atom is 0.0534 e. The molecule has 14 heavy (non-hydrogen) atoms. The predicted molar refractivity (Wildman–Crippen MR) is 55.9 cm³/mol. The predicted octanol–water partition coefficient (Wildman–Crippen LogP) is 1.08. The van der Waals surface area contributed by atoms with Gasteiger partial charge in [0, 0.05) is 36.4 Å². The zero-order chi connectivity index (χ0) is 10.6. The number of H-pyrrole nitrogens is 1. The van der Waals surface area contributed by atoms with Gasteiger partial charge in [0.05, 0.1) is 6.20 Å². The van der Waals surface area contributed by atoms with Gasteiger partial charge in [0.2, 0.25) is 0 Å². The first-order chi connectivity index (χ1) is 6.55. The first kappa shape index (κ1) is 11.2. The van der Waals surface area contributed by atoms with Crippen molar-refractivity contribution in [3.05, 3.63) is 18.0 Å². The molecule has 1 aromatic heterocycles. The van der Waals surface area contributed by atoms with Gasteiger partial charge in [0.15, 0.2) is 0 Å². The lowest BCUT2D eigenvalue weighted by molar-refractivity contribution is 0.154. The van der Waals surface area contributed by atoms with E-state index in [1.165, 1.54) is 0 Å². The number of aliphatic hydroxyl groups excluding tert-OH is 1. The molecule has 0 aliphatic rings. The van der Waals surface area contributed by atoms with Crippen LogP contribution < -0.4 is 5.32 Å². The smallest absolute Gasteiger partial charge is 0.0534 e. The summed E-state index contributed by atoms with van der Waals surface area (Å²) in [5, 5.41) is 19.1. The molecule has 80 valence electrons. The van der Waals surface area contributed by atoms with Crippen LogP contribution in [0, 0.1) is 5.41 Å². The van der Waals surface area contributed by atoms with Gasteiger partial charge in [-0.1, -0.05) is 13.8 Å². The van der Waals surface area contributed by atoms with Crippen LogP contribution in [0.25, 0.3) is 0 Å². The van der Waals surface area contributed by atoms with Gasteiger partial charge in [-0.2, -0.15) is 5.10 Å². The summed E-state index contributed by atoms with van der Waals surface area (Å²) in [4.78, 5) is 0. The van der Waals surface area contributed by atoms with Crippen LogP contribution in [0.1, 0.15) is 32.4 Å². The largest absolute Gasteiger partial charge is 0.396 e. The van der Waals surface area contributed by atoms with E-state index in [0.717, 1.165) is 12.1 Å². The second-order valence-corrected chi connectivity index (χ2v) is 4.46. The maximum atomic E-state index is 9.08. The highest BCUT2D eigenvalue weighted by atomic mass is 16.3. The van der Waals surface area contributed by atoms with Gasteiger partial charge in [-0.05, 0) is 6.92 Å². The fraction of sp³-hybridized carbons (Fsp3) is 0.700. The Kier molecular flexibility index (Phi) is 3.66.